The molecule has 0 saturated heterocycles. The first-order chi connectivity index (χ1) is 7.84. The highest BCUT2D eigenvalue weighted by atomic mass is 79.9. The lowest BCUT2D eigenvalue weighted by Gasteiger charge is -2.04. The molecule has 0 spiro atoms. The van der Waals surface area contributed by atoms with E-state index in [0.29, 0.717) is 0 Å². The van der Waals surface area contributed by atoms with Gasteiger partial charge >= 0.3 is 0 Å². The number of aromatic nitrogens is 1. The van der Waals surface area contributed by atoms with Gasteiger partial charge in [0.15, 0.2) is 0 Å². The van der Waals surface area contributed by atoms with Crippen molar-refractivity contribution in [2.75, 3.05) is 0 Å². The molecule has 0 bridgehead atoms. The van der Waals surface area contributed by atoms with Gasteiger partial charge in [0.25, 0.3) is 0 Å². The molecule has 0 amide bonds. The fourth-order valence-corrected chi connectivity index (χ4v) is 1.58. The molecule has 0 aliphatic rings. The normalized spacial score (nSPS) is 9.17. The number of halogens is 3. The van der Waals surface area contributed by atoms with Gasteiger partial charge in [-0.25, -0.2) is 0 Å². The molecule has 0 aliphatic carbocycles. The van der Waals surface area contributed by atoms with Crippen molar-refractivity contribution in [3.8, 4) is 0 Å². The molecule has 0 aliphatic heterocycles. The summed E-state index contributed by atoms with van der Waals surface area (Å²) < 4.78 is 0. The molecular formula is C13H13Br2ClN2-2. The second-order valence-electron chi connectivity index (χ2n) is 3.59. The van der Waals surface area contributed by atoms with E-state index < -0.39 is 0 Å². The molecule has 1 N–H and O–H groups in total. The molecule has 5 heteroatoms. The zero-order chi connectivity index (χ0) is 11.2. The Morgan fingerprint density at radius 1 is 0.944 bits per heavy atom. The third-order valence-corrected chi connectivity index (χ3v) is 2.55. The van der Waals surface area contributed by atoms with Crippen molar-refractivity contribution < 1.29 is 34.0 Å². The zero-order valence-corrected chi connectivity index (χ0v) is 13.5. The molecule has 0 atom stereocenters. The second kappa shape index (κ2) is 9.50. The standard InChI is InChI=1S/C13H13ClN2.2BrH/c14-13-5-3-11(4-6-13)8-16-10-12-2-1-7-15-9-12;;/h1-7,9,16H,8,10H2;2*1H/p-2. The fraction of sp³-hybridized carbons (Fsp3) is 0.154. The largest absolute Gasteiger partial charge is 1.00 e. The first-order valence-corrected chi connectivity index (χ1v) is 5.56. The third kappa shape index (κ3) is 5.96. The van der Waals surface area contributed by atoms with Crippen molar-refractivity contribution in [3.63, 3.8) is 0 Å². The first kappa shape index (κ1) is 17.6. The fourth-order valence-electron chi connectivity index (χ4n) is 1.46. The molecule has 1 aromatic heterocycles. The summed E-state index contributed by atoms with van der Waals surface area (Å²) in [5.74, 6) is 0. The van der Waals surface area contributed by atoms with E-state index in [2.05, 4.69) is 16.4 Å². The monoisotopic (exact) mass is 390 g/mol. The van der Waals surface area contributed by atoms with E-state index in [1.165, 1.54) is 11.1 Å². The Bertz CT molecular complexity index is 435. The summed E-state index contributed by atoms with van der Waals surface area (Å²) in [6.45, 7) is 1.67. The van der Waals surface area contributed by atoms with Gasteiger partial charge in [-0.3, -0.25) is 4.98 Å². The van der Waals surface area contributed by atoms with Crippen LogP contribution in [0.15, 0.2) is 48.8 Å². The maximum Gasteiger partial charge on any atom is 0.0406 e. The zero-order valence-electron chi connectivity index (χ0n) is 9.61. The van der Waals surface area contributed by atoms with Gasteiger partial charge in [-0.05, 0) is 29.3 Å². The van der Waals surface area contributed by atoms with Crippen LogP contribution in [0.3, 0.4) is 0 Å². The Kier molecular flexibility index (Phi) is 9.28. The minimum absolute atomic E-state index is 0. The Hall–Kier alpha value is -0.420. The molecule has 0 unspecified atom stereocenters. The number of nitrogens with one attached hydrogen (secondary N) is 1. The average molecular weight is 393 g/mol. The van der Waals surface area contributed by atoms with Crippen LogP contribution in [0.5, 0.6) is 0 Å². The van der Waals surface area contributed by atoms with E-state index in [-0.39, 0.29) is 34.0 Å². The average Bonchev–Trinajstić information content (AvgIpc) is 2.33. The lowest BCUT2D eigenvalue weighted by atomic mass is 10.2. The first-order valence-electron chi connectivity index (χ1n) is 5.18. The summed E-state index contributed by atoms with van der Waals surface area (Å²) in [6, 6.07) is 11.9. The van der Waals surface area contributed by atoms with Crippen molar-refractivity contribution in [2.45, 2.75) is 13.1 Å². The molecule has 0 radical (unpaired) electrons. The van der Waals surface area contributed by atoms with Crippen molar-refractivity contribution in [1.82, 2.24) is 10.3 Å². The summed E-state index contributed by atoms with van der Waals surface area (Å²) in [5.41, 5.74) is 2.42. The van der Waals surface area contributed by atoms with Gasteiger partial charge < -0.3 is 39.3 Å². The van der Waals surface area contributed by atoms with Crippen LogP contribution < -0.4 is 39.3 Å². The molecule has 2 rings (SSSR count). The number of benzene rings is 1. The Balaban J connectivity index is 0.00000144. The quantitative estimate of drug-likeness (QED) is 0.601. The summed E-state index contributed by atoms with van der Waals surface area (Å²) in [4.78, 5) is 4.06. The molecule has 2 aromatic rings. The van der Waals surface area contributed by atoms with Gasteiger partial charge in [0.2, 0.25) is 0 Å². The van der Waals surface area contributed by atoms with Gasteiger partial charge in [-0.2, -0.15) is 0 Å². The molecule has 2 nitrogen and oxygen atoms in total. The van der Waals surface area contributed by atoms with Gasteiger partial charge in [-0.1, -0.05) is 29.8 Å². The maximum absolute atomic E-state index is 5.81. The van der Waals surface area contributed by atoms with E-state index in [1.54, 1.807) is 6.20 Å². The highest BCUT2D eigenvalue weighted by Gasteiger charge is 1.94. The number of pyridine rings is 1. The third-order valence-electron chi connectivity index (χ3n) is 2.29. The molecule has 0 saturated carbocycles. The number of nitrogens with zero attached hydrogens (tertiary/aromatic N) is 1. The summed E-state index contributed by atoms with van der Waals surface area (Å²) in [5, 5.41) is 4.13. The van der Waals surface area contributed by atoms with Crippen molar-refractivity contribution in [3.05, 3.63) is 64.9 Å². The Labute approximate surface area is 133 Å². The highest BCUT2D eigenvalue weighted by Crippen LogP contribution is 2.09. The van der Waals surface area contributed by atoms with Crippen molar-refractivity contribution >= 4 is 11.6 Å². The summed E-state index contributed by atoms with van der Waals surface area (Å²) in [6.07, 6.45) is 3.65. The van der Waals surface area contributed by atoms with E-state index in [1.807, 2.05) is 36.5 Å². The van der Waals surface area contributed by atoms with Crippen LogP contribution in [-0.2, 0) is 13.1 Å². The smallest absolute Gasteiger partial charge is 0.0406 e. The van der Waals surface area contributed by atoms with E-state index in [9.17, 15) is 0 Å². The number of hydrogen-bond donors (Lipinski definition) is 1. The molecular weight excluding hydrogens is 379 g/mol. The van der Waals surface area contributed by atoms with Crippen molar-refractivity contribution in [2.24, 2.45) is 0 Å². The van der Waals surface area contributed by atoms with Crippen LogP contribution in [0, 0.1) is 0 Å². The van der Waals surface area contributed by atoms with Gasteiger partial charge in [0, 0.05) is 30.5 Å². The number of hydrogen-bond acceptors (Lipinski definition) is 2. The molecule has 1 aromatic carbocycles. The van der Waals surface area contributed by atoms with Crippen LogP contribution in [0.2, 0.25) is 5.02 Å². The van der Waals surface area contributed by atoms with E-state index >= 15 is 0 Å². The predicted octanol–water partition coefficient (Wildman–Crippen LogP) is -2.97. The topological polar surface area (TPSA) is 24.9 Å². The second-order valence-corrected chi connectivity index (χ2v) is 4.03. The highest BCUT2D eigenvalue weighted by molar-refractivity contribution is 6.30. The van der Waals surface area contributed by atoms with Crippen LogP contribution in [-0.4, -0.2) is 4.98 Å². The van der Waals surface area contributed by atoms with Crippen LogP contribution in [0.1, 0.15) is 11.1 Å². The predicted molar refractivity (Wildman–Crippen MR) is 66.2 cm³/mol. The van der Waals surface area contributed by atoms with Gasteiger partial charge in [0.05, 0.1) is 0 Å². The summed E-state index contributed by atoms with van der Waals surface area (Å²) in [7, 11) is 0. The minimum atomic E-state index is 0. The number of rotatable bonds is 4. The van der Waals surface area contributed by atoms with Crippen LogP contribution in [0.4, 0.5) is 0 Å². The van der Waals surface area contributed by atoms with Crippen LogP contribution >= 0.6 is 11.6 Å². The van der Waals surface area contributed by atoms with E-state index in [0.717, 1.165) is 18.1 Å². The summed E-state index contributed by atoms with van der Waals surface area (Å²) >= 11 is 5.81. The molecule has 18 heavy (non-hydrogen) atoms. The SMILES string of the molecule is Clc1ccc(CNCc2cccnc2)cc1.[Br-].[Br-]. The van der Waals surface area contributed by atoms with E-state index in [4.69, 9.17) is 11.6 Å². The van der Waals surface area contributed by atoms with Gasteiger partial charge in [0.1, 0.15) is 0 Å². The van der Waals surface area contributed by atoms with Crippen molar-refractivity contribution in [1.29, 1.82) is 0 Å². The van der Waals surface area contributed by atoms with Crippen LogP contribution in [0.25, 0.3) is 0 Å². The molecule has 98 valence electrons. The Morgan fingerprint density at radius 3 is 2.22 bits per heavy atom. The minimum Gasteiger partial charge on any atom is -1.00 e. The molecule has 1 heterocycles. The Morgan fingerprint density at radius 2 is 1.61 bits per heavy atom. The lowest BCUT2D eigenvalue weighted by Crippen LogP contribution is -3.00. The lowest BCUT2D eigenvalue weighted by molar-refractivity contribution is -0.00100. The van der Waals surface area contributed by atoms with Gasteiger partial charge in [-0.15, -0.1) is 0 Å². The molecule has 0 fully saturated rings. The maximum atomic E-state index is 5.81.